The van der Waals surface area contributed by atoms with Crippen molar-refractivity contribution in [2.75, 3.05) is 25.0 Å². The quantitative estimate of drug-likeness (QED) is 0.890. The van der Waals surface area contributed by atoms with Crippen LogP contribution in [0, 0.1) is 5.41 Å². The Hall–Kier alpha value is -2.83. The summed E-state index contributed by atoms with van der Waals surface area (Å²) in [5.74, 6) is -0.167. The number of hydrogen-bond donors (Lipinski definition) is 2. The highest BCUT2D eigenvalue weighted by Gasteiger charge is 2.42. The van der Waals surface area contributed by atoms with Gasteiger partial charge in [-0.05, 0) is 44.5 Å². The van der Waals surface area contributed by atoms with Crippen LogP contribution in [-0.4, -0.2) is 46.7 Å². The smallest absolute Gasteiger partial charge is 0.321 e. The number of ether oxygens (including phenoxy) is 1. The van der Waals surface area contributed by atoms with E-state index in [1.54, 1.807) is 25.3 Å². The molecule has 0 spiro atoms. The van der Waals surface area contributed by atoms with Crippen LogP contribution in [0.2, 0.25) is 0 Å². The summed E-state index contributed by atoms with van der Waals surface area (Å²) in [6.45, 7) is 4.71. The van der Waals surface area contributed by atoms with Crippen LogP contribution in [0.5, 0.6) is 5.75 Å². The van der Waals surface area contributed by atoms with E-state index in [1.807, 2.05) is 19.1 Å². The van der Waals surface area contributed by atoms with Crippen LogP contribution in [0.1, 0.15) is 20.3 Å². The normalized spacial score (nSPS) is 19.8. The van der Waals surface area contributed by atoms with Gasteiger partial charge in [0.1, 0.15) is 5.75 Å². The number of anilines is 1. The molecule has 2 amide bonds. The molecule has 1 unspecified atom stereocenters. The number of aromatic nitrogens is 1. The Morgan fingerprint density at radius 2 is 2.20 bits per heavy atom. The zero-order valence-electron chi connectivity index (χ0n) is 14.3. The van der Waals surface area contributed by atoms with Crippen molar-refractivity contribution in [3.63, 3.8) is 0 Å². The summed E-state index contributed by atoms with van der Waals surface area (Å²) in [6.07, 6.45) is 2.10. The number of carboxylic acids is 1. The number of benzene rings is 1. The molecule has 0 saturated carbocycles. The number of urea groups is 1. The number of hydrogen-bond acceptors (Lipinski definition) is 4. The van der Waals surface area contributed by atoms with E-state index < -0.39 is 11.4 Å². The highest BCUT2D eigenvalue weighted by Crippen LogP contribution is 2.32. The lowest BCUT2D eigenvalue weighted by molar-refractivity contribution is -0.146. The molecule has 2 heterocycles. The molecule has 2 N–H and O–H groups in total. The Balaban J connectivity index is 1.83. The van der Waals surface area contributed by atoms with Crippen molar-refractivity contribution in [3.8, 4) is 5.75 Å². The maximum Gasteiger partial charge on any atom is 0.321 e. The topological polar surface area (TPSA) is 91.8 Å². The lowest BCUT2D eigenvalue weighted by Gasteiger charge is -2.21. The summed E-state index contributed by atoms with van der Waals surface area (Å²) >= 11 is 0. The van der Waals surface area contributed by atoms with Crippen LogP contribution < -0.4 is 10.1 Å². The number of fused-ring (bicyclic) bond motifs is 1. The summed E-state index contributed by atoms with van der Waals surface area (Å²) in [4.78, 5) is 29.8. The number of nitrogens with zero attached hydrogens (tertiary/aromatic N) is 2. The minimum atomic E-state index is -0.892. The van der Waals surface area contributed by atoms with E-state index in [0.717, 1.165) is 5.39 Å². The van der Waals surface area contributed by atoms with E-state index in [4.69, 9.17) is 4.74 Å². The third-order valence-electron chi connectivity index (χ3n) is 4.55. The minimum Gasteiger partial charge on any atom is -0.493 e. The number of carboxylic acid groups (broad SMARTS) is 1. The first-order valence-electron chi connectivity index (χ1n) is 8.24. The summed E-state index contributed by atoms with van der Waals surface area (Å²) in [5, 5.41) is 13.0. The molecule has 3 rings (SSSR count). The molecule has 1 fully saturated rings. The molecule has 7 nitrogen and oxygen atoms in total. The lowest BCUT2D eigenvalue weighted by atomic mass is 9.90. The van der Waals surface area contributed by atoms with E-state index in [9.17, 15) is 14.7 Å². The second-order valence-corrected chi connectivity index (χ2v) is 6.41. The Morgan fingerprint density at radius 3 is 2.88 bits per heavy atom. The van der Waals surface area contributed by atoms with Crippen molar-refractivity contribution < 1.29 is 19.4 Å². The van der Waals surface area contributed by atoms with Gasteiger partial charge in [-0.2, -0.15) is 0 Å². The van der Waals surface area contributed by atoms with Gasteiger partial charge in [0.25, 0.3) is 0 Å². The van der Waals surface area contributed by atoms with Crippen molar-refractivity contribution in [1.29, 1.82) is 0 Å². The number of rotatable bonds is 4. The van der Waals surface area contributed by atoms with Crippen LogP contribution in [0.4, 0.5) is 10.5 Å². The van der Waals surface area contributed by atoms with Crippen LogP contribution in [0.15, 0.2) is 30.5 Å². The van der Waals surface area contributed by atoms with E-state index in [1.165, 1.54) is 4.90 Å². The van der Waals surface area contributed by atoms with Gasteiger partial charge in [-0.1, -0.05) is 0 Å². The third kappa shape index (κ3) is 3.22. The summed E-state index contributed by atoms with van der Waals surface area (Å²) in [7, 11) is 0. The van der Waals surface area contributed by atoms with Crippen LogP contribution in [-0.2, 0) is 4.79 Å². The average Bonchev–Trinajstić information content (AvgIpc) is 3.01. The van der Waals surface area contributed by atoms with Crippen molar-refractivity contribution in [2.24, 2.45) is 5.41 Å². The first kappa shape index (κ1) is 17.0. The summed E-state index contributed by atoms with van der Waals surface area (Å²) in [6, 6.07) is 6.94. The van der Waals surface area contributed by atoms with Gasteiger partial charge in [-0.15, -0.1) is 0 Å². The van der Waals surface area contributed by atoms with Crippen molar-refractivity contribution >= 4 is 28.6 Å². The van der Waals surface area contributed by atoms with Crippen molar-refractivity contribution in [3.05, 3.63) is 30.5 Å². The number of amides is 2. The molecule has 1 saturated heterocycles. The molecule has 0 radical (unpaired) electrons. The Bertz CT molecular complexity index is 823. The lowest BCUT2D eigenvalue weighted by Crippen LogP contribution is -2.37. The molecular formula is C18H21N3O4. The zero-order valence-corrected chi connectivity index (χ0v) is 14.3. The van der Waals surface area contributed by atoms with Gasteiger partial charge in [0.05, 0.1) is 23.2 Å². The first-order valence-corrected chi connectivity index (χ1v) is 8.24. The highest BCUT2D eigenvalue weighted by molar-refractivity contribution is 6.02. The van der Waals surface area contributed by atoms with Gasteiger partial charge in [0.15, 0.2) is 0 Å². The van der Waals surface area contributed by atoms with Crippen molar-refractivity contribution in [2.45, 2.75) is 20.3 Å². The standard InChI is InChI=1S/C18H21N3O4/c1-3-25-14-7-6-13(15-12(14)5-4-9-19-15)20-17(24)21-10-8-18(2,11-21)16(22)23/h4-7,9H,3,8,10-11H2,1-2H3,(H,20,24)(H,22,23). The number of aliphatic carboxylic acids is 1. The molecule has 1 aliphatic rings. The largest absolute Gasteiger partial charge is 0.493 e. The molecule has 2 aromatic rings. The summed E-state index contributed by atoms with van der Waals surface area (Å²) < 4.78 is 5.60. The molecule has 1 aromatic carbocycles. The molecule has 0 aliphatic carbocycles. The second-order valence-electron chi connectivity index (χ2n) is 6.41. The molecule has 1 aliphatic heterocycles. The van der Waals surface area contributed by atoms with E-state index in [-0.39, 0.29) is 12.6 Å². The van der Waals surface area contributed by atoms with Gasteiger partial charge >= 0.3 is 12.0 Å². The molecule has 1 atom stereocenters. The second kappa shape index (κ2) is 6.58. The maximum atomic E-state index is 12.5. The maximum absolute atomic E-state index is 12.5. The molecule has 25 heavy (non-hydrogen) atoms. The minimum absolute atomic E-state index is 0.191. The van der Waals surface area contributed by atoms with Crippen LogP contribution in [0.25, 0.3) is 10.9 Å². The Kier molecular flexibility index (Phi) is 4.48. The van der Waals surface area contributed by atoms with Gasteiger partial charge in [0, 0.05) is 24.7 Å². The fourth-order valence-electron chi connectivity index (χ4n) is 3.03. The molecule has 7 heteroatoms. The van der Waals surface area contributed by atoms with Crippen LogP contribution in [0.3, 0.4) is 0 Å². The first-order chi connectivity index (χ1) is 11.9. The average molecular weight is 343 g/mol. The number of carbonyl (C=O) groups is 2. The number of nitrogens with one attached hydrogen (secondary N) is 1. The predicted molar refractivity (Wildman–Crippen MR) is 93.9 cm³/mol. The van der Waals surface area contributed by atoms with E-state index >= 15 is 0 Å². The van der Waals surface area contributed by atoms with Crippen molar-refractivity contribution in [1.82, 2.24) is 9.88 Å². The van der Waals surface area contributed by atoms with Gasteiger partial charge in [-0.25, -0.2) is 4.79 Å². The van der Waals surface area contributed by atoms with Gasteiger partial charge in [0.2, 0.25) is 0 Å². The van der Waals surface area contributed by atoms with Gasteiger partial charge in [-0.3, -0.25) is 9.78 Å². The Labute approximate surface area is 145 Å². The monoisotopic (exact) mass is 343 g/mol. The fraction of sp³-hybridized carbons (Fsp3) is 0.389. The van der Waals surface area contributed by atoms with E-state index in [2.05, 4.69) is 10.3 Å². The molecular weight excluding hydrogens is 322 g/mol. The van der Waals surface area contributed by atoms with Gasteiger partial charge < -0.3 is 20.1 Å². The number of likely N-dealkylation sites (tertiary alicyclic amines) is 1. The highest BCUT2D eigenvalue weighted by atomic mass is 16.5. The zero-order chi connectivity index (χ0) is 18.0. The molecule has 1 aromatic heterocycles. The number of carbonyl (C=O) groups excluding carboxylic acids is 1. The predicted octanol–water partition coefficient (Wildman–Crippen LogP) is 2.96. The Morgan fingerprint density at radius 1 is 1.40 bits per heavy atom. The molecule has 132 valence electrons. The van der Waals surface area contributed by atoms with Crippen LogP contribution >= 0.6 is 0 Å². The summed E-state index contributed by atoms with van der Waals surface area (Å²) in [5.41, 5.74) is 0.325. The van der Waals surface area contributed by atoms with E-state index in [0.29, 0.717) is 36.5 Å². The fourth-order valence-corrected chi connectivity index (χ4v) is 3.03. The SMILES string of the molecule is CCOc1ccc(NC(=O)N2CCC(C)(C(=O)O)C2)c2ncccc12. The third-order valence-corrected chi connectivity index (χ3v) is 4.55. The molecule has 0 bridgehead atoms. The number of pyridine rings is 1.